The van der Waals surface area contributed by atoms with Gasteiger partial charge in [0, 0.05) is 13.1 Å². The summed E-state index contributed by atoms with van der Waals surface area (Å²) >= 11 is 0. The Balaban J connectivity index is 2.12. The summed E-state index contributed by atoms with van der Waals surface area (Å²) in [4.78, 5) is 25.4. The molecule has 2 aliphatic rings. The van der Waals surface area contributed by atoms with Crippen molar-refractivity contribution in [2.45, 2.75) is 39.4 Å². The number of aliphatic carboxylic acids is 1. The van der Waals surface area contributed by atoms with Crippen LogP contribution in [0.4, 0.5) is 0 Å². The molecular formula is C14H23NO5. The molecule has 20 heavy (non-hydrogen) atoms. The molecule has 1 saturated carbocycles. The second kappa shape index (κ2) is 4.70. The molecule has 1 aliphatic carbocycles. The van der Waals surface area contributed by atoms with Gasteiger partial charge in [0.1, 0.15) is 0 Å². The summed E-state index contributed by atoms with van der Waals surface area (Å²) in [5, 5.41) is 18.4. The van der Waals surface area contributed by atoms with Crippen molar-refractivity contribution in [3.8, 4) is 0 Å². The second-order valence-electron chi connectivity index (χ2n) is 7.02. The first-order valence-electron chi connectivity index (χ1n) is 6.90. The van der Waals surface area contributed by atoms with Gasteiger partial charge in [-0.15, -0.1) is 0 Å². The van der Waals surface area contributed by atoms with Crippen LogP contribution in [0.5, 0.6) is 0 Å². The number of carboxylic acids is 1. The SMILES string of the molecule is CC1(C)CN(C(=O)[C@H]2[C@@H](C(=O)O)C2(C)C)CC(CO)O1. The first-order valence-corrected chi connectivity index (χ1v) is 6.90. The third-order valence-corrected chi connectivity index (χ3v) is 4.36. The van der Waals surface area contributed by atoms with E-state index >= 15 is 0 Å². The van der Waals surface area contributed by atoms with E-state index in [2.05, 4.69) is 0 Å². The zero-order valence-electron chi connectivity index (χ0n) is 12.4. The molecule has 0 radical (unpaired) electrons. The average Bonchev–Trinajstić information content (AvgIpc) is 2.89. The van der Waals surface area contributed by atoms with Gasteiger partial charge in [-0.1, -0.05) is 13.8 Å². The van der Waals surface area contributed by atoms with Gasteiger partial charge in [-0.2, -0.15) is 0 Å². The molecule has 1 aliphatic heterocycles. The fourth-order valence-electron chi connectivity index (χ4n) is 3.31. The van der Waals surface area contributed by atoms with Gasteiger partial charge in [0.15, 0.2) is 0 Å². The summed E-state index contributed by atoms with van der Waals surface area (Å²) in [5.74, 6) is -2.15. The van der Waals surface area contributed by atoms with Gasteiger partial charge in [0.05, 0.1) is 30.1 Å². The summed E-state index contributed by atoms with van der Waals surface area (Å²) in [7, 11) is 0. The van der Waals surface area contributed by atoms with Crippen LogP contribution in [0.15, 0.2) is 0 Å². The summed E-state index contributed by atoms with van der Waals surface area (Å²) in [6.45, 7) is 7.93. The fourth-order valence-corrected chi connectivity index (χ4v) is 3.31. The molecule has 2 fully saturated rings. The van der Waals surface area contributed by atoms with Crippen LogP contribution in [0, 0.1) is 17.3 Å². The van der Waals surface area contributed by atoms with Crippen molar-refractivity contribution in [3.63, 3.8) is 0 Å². The molecule has 0 aromatic carbocycles. The van der Waals surface area contributed by atoms with Gasteiger partial charge in [0.25, 0.3) is 0 Å². The molecule has 1 amide bonds. The smallest absolute Gasteiger partial charge is 0.307 e. The largest absolute Gasteiger partial charge is 0.481 e. The van der Waals surface area contributed by atoms with Crippen LogP contribution < -0.4 is 0 Å². The van der Waals surface area contributed by atoms with Crippen LogP contribution in [0.2, 0.25) is 0 Å². The molecule has 1 saturated heterocycles. The Kier molecular flexibility index (Phi) is 3.59. The van der Waals surface area contributed by atoms with Crippen LogP contribution in [-0.4, -0.2) is 58.4 Å². The molecule has 1 unspecified atom stereocenters. The minimum atomic E-state index is -0.917. The summed E-state index contributed by atoms with van der Waals surface area (Å²) in [5.41, 5.74) is -1.03. The number of morpholine rings is 1. The van der Waals surface area contributed by atoms with E-state index in [0.29, 0.717) is 13.1 Å². The predicted molar refractivity (Wildman–Crippen MR) is 71.0 cm³/mol. The van der Waals surface area contributed by atoms with Crippen LogP contribution in [0.1, 0.15) is 27.7 Å². The van der Waals surface area contributed by atoms with Crippen molar-refractivity contribution >= 4 is 11.9 Å². The minimum absolute atomic E-state index is 0.141. The normalized spacial score (nSPS) is 34.6. The monoisotopic (exact) mass is 285 g/mol. The van der Waals surface area contributed by atoms with Crippen LogP contribution >= 0.6 is 0 Å². The lowest BCUT2D eigenvalue weighted by molar-refractivity contribution is -0.168. The van der Waals surface area contributed by atoms with Crippen LogP contribution in [0.3, 0.4) is 0 Å². The van der Waals surface area contributed by atoms with Crippen molar-refractivity contribution in [2.75, 3.05) is 19.7 Å². The van der Waals surface area contributed by atoms with Gasteiger partial charge in [0.2, 0.25) is 5.91 Å². The highest BCUT2D eigenvalue weighted by atomic mass is 16.5. The number of carboxylic acid groups (broad SMARTS) is 1. The Labute approximate surface area is 118 Å². The molecule has 114 valence electrons. The topological polar surface area (TPSA) is 87.1 Å². The Hall–Kier alpha value is -1.14. The summed E-state index contributed by atoms with van der Waals surface area (Å²) < 4.78 is 5.67. The molecule has 0 aromatic rings. The van der Waals surface area contributed by atoms with Crippen LogP contribution in [0.25, 0.3) is 0 Å². The molecule has 2 N–H and O–H groups in total. The first kappa shape index (κ1) is 15.3. The quantitative estimate of drug-likeness (QED) is 0.781. The molecule has 1 heterocycles. The van der Waals surface area contributed by atoms with Gasteiger partial charge in [-0.05, 0) is 19.3 Å². The van der Waals surface area contributed by atoms with E-state index in [1.807, 2.05) is 27.7 Å². The van der Waals surface area contributed by atoms with E-state index in [-0.39, 0.29) is 12.5 Å². The third-order valence-electron chi connectivity index (χ3n) is 4.36. The number of amides is 1. The van der Waals surface area contributed by atoms with Gasteiger partial charge in [-0.25, -0.2) is 0 Å². The van der Waals surface area contributed by atoms with Crippen molar-refractivity contribution < 1.29 is 24.5 Å². The molecule has 6 heteroatoms. The standard InChI is InChI=1S/C14H23NO5/c1-13(2)7-15(5-8(6-16)20-13)11(17)9-10(12(18)19)14(9,3)4/h8-10,16H,5-7H2,1-4H3,(H,18,19)/t8?,9-,10+/m1/s1. The number of aliphatic hydroxyl groups is 1. The van der Waals surface area contributed by atoms with Gasteiger partial charge >= 0.3 is 5.97 Å². The highest BCUT2D eigenvalue weighted by molar-refractivity contribution is 5.91. The molecular weight excluding hydrogens is 262 g/mol. The lowest BCUT2D eigenvalue weighted by Gasteiger charge is -2.42. The number of nitrogens with zero attached hydrogens (tertiary/aromatic N) is 1. The molecule has 0 spiro atoms. The van der Waals surface area contributed by atoms with Crippen molar-refractivity contribution in [1.82, 2.24) is 4.90 Å². The van der Waals surface area contributed by atoms with Gasteiger partial charge in [-0.3, -0.25) is 9.59 Å². The first-order chi connectivity index (χ1) is 9.10. The van der Waals surface area contributed by atoms with Gasteiger partial charge < -0.3 is 19.8 Å². The van der Waals surface area contributed by atoms with Crippen molar-refractivity contribution in [3.05, 3.63) is 0 Å². The maximum atomic E-state index is 12.6. The molecule has 0 bridgehead atoms. The van der Waals surface area contributed by atoms with E-state index in [4.69, 9.17) is 4.74 Å². The maximum Gasteiger partial charge on any atom is 0.307 e. The highest BCUT2D eigenvalue weighted by Crippen LogP contribution is 2.59. The zero-order valence-corrected chi connectivity index (χ0v) is 12.4. The summed E-state index contributed by atoms with van der Waals surface area (Å²) in [6.07, 6.45) is -0.409. The Bertz CT molecular complexity index is 431. The Morgan fingerprint density at radius 1 is 1.25 bits per heavy atom. The number of aliphatic hydroxyl groups excluding tert-OH is 1. The van der Waals surface area contributed by atoms with Crippen molar-refractivity contribution in [2.24, 2.45) is 17.3 Å². The predicted octanol–water partition coefficient (Wildman–Crippen LogP) is 0.341. The van der Waals surface area contributed by atoms with E-state index in [0.717, 1.165) is 0 Å². The maximum absolute atomic E-state index is 12.6. The van der Waals surface area contributed by atoms with Crippen LogP contribution in [-0.2, 0) is 14.3 Å². The van der Waals surface area contributed by atoms with E-state index < -0.39 is 34.9 Å². The molecule has 2 rings (SSSR count). The van der Waals surface area contributed by atoms with Crippen molar-refractivity contribution in [1.29, 1.82) is 0 Å². The number of carbonyl (C=O) groups excluding carboxylic acids is 1. The molecule has 0 aromatic heterocycles. The number of hydrogen-bond acceptors (Lipinski definition) is 4. The van der Waals surface area contributed by atoms with E-state index in [1.165, 1.54) is 0 Å². The Morgan fingerprint density at radius 3 is 2.30 bits per heavy atom. The molecule has 6 nitrogen and oxygen atoms in total. The number of rotatable bonds is 3. The highest BCUT2D eigenvalue weighted by Gasteiger charge is 2.66. The number of carbonyl (C=O) groups is 2. The lowest BCUT2D eigenvalue weighted by atomic mass is 10.0. The number of hydrogen-bond donors (Lipinski definition) is 2. The average molecular weight is 285 g/mol. The zero-order chi connectivity index (χ0) is 15.3. The second-order valence-corrected chi connectivity index (χ2v) is 7.02. The minimum Gasteiger partial charge on any atom is -0.481 e. The fraction of sp³-hybridized carbons (Fsp3) is 0.857. The summed E-state index contributed by atoms with van der Waals surface area (Å²) in [6, 6.07) is 0. The van der Waals surface area contributed by atoms with E-state index in [1.54, 1.807) is 4.90 Å². The van der Waals surface area contributed by atoms with E-state index in [9.17, 15) is 19.8 Å². The third kappa shape index (κ3) is 2.54. The Morgan fingerprint density at radius 2 is 1.85 bits per heavy atom. The lowest BCUT2D eigenvalue weighted by Crippen LogP contribution is -2.56. The molecule has 3 atom stereocenters. The number of ether oxygens (including phenoxy) is 1.